The molecule has 0 bridgehead atoms. The van der Waals surface area contributed by atoms with Gasteiger partial charge in [0.25, 0.3) is 0 Å². The molecular weight excluding hydrogens is 418 g/mol. The number of hydrogen-bond donors (Lipinski definition) is 2. The van der Waals surface area contributed by atoms with Crippen LogP contribution >= 0.6 is 0 Å². The third kappa shape index (κ3) is 3.33. The van der Waals surface area contributed by atoms with E-state index in [4.69, 9.17) is 14.6 Å². The molecule has 3 atom stereocenters. The molecule has 31 heavy (non-hydrogen) atoms. The van der Waals surface area contributed by atoms with Gasteiger partial charge in [0.1, 0.15) is 4.90 Å². The van der Waals surface area contributed by atoms with Crippen molar-refractivity contribution in [1.82, 2.24) is 9.78 Å². The largest absolute Gasteiger partial charge is 0.466 e. The molecule has 2 heterocycles. The van der Waals surface area contributed by atoms with Crippen LogP contribution in [0.1, 0.15) is 48.4 Å². The van der Waals surface area contributed by atoms with Gasteiger partial charge in [0.05, 0.1) is 19.3 Å². The van der Waals surface area contributed by atoms with Crippen molar-refractivity contribution < 1.29 is 18.5 Å². The number of aryl methyl sites for hydroxylation is 1. The number of carbonyl (C=O) groups excluding carboxylic acids is 1. The zero-order chi connectivity index (χ0) is 22.0. The molecule has 0 saturated carbocycles. The predicted molar refractivity (Wildman–Crippen MR) is 116 cm³/mol. The Hall–Kier alpha value is -2.43. The normalized spacial score (nSPS) is 25.0. The number of ether oxygens (including phenoxy) is 2. The van der Waals surface area contributed by atoms with Crippen molar-refractivity contribution in [3.63, 3.8) is 0 Å². The number of carbonyl (C=O) groups is 1. The molecule has 0 saturated heterocycles. The molecule has 3 aliphatic rings. The van der Waals surface area contributed by atoms with Crippen molar-refractivity contribution in [2.75, 3.05) is 19.0 Å². The number of benzene rings is 1. The molecule has 9 nitrogen and oxygen atoms in total. The van der Waals surface area contributed by atoms with Crippen LogP contribution in [0, 0.1) is 0 Å². The van der Waals surface area contributed by atoms with E-state index in [0.717, 1.165) is 36.9 Å². The molecule has 166 valence electrons. The Morgan fingerprint density at radius 3 is 3.03 bits per heavy atom. The molecule has 1 aromatic heterocycles. The number of urea groups is 1. The van der Waals surface area contributed by atoms with E-state index >= 15 is 0 Å². The van der Waals surface area contributed by atoms with Gasteiger partial charge in [0.15, 0.2) is 15.5 Å². The molecule has 2 aliphatic carbocycles. The Kier molecular flexibility index (Phi) is 4.65. The van der Waals surface area contributed by atoms with Crippen LogP contribution in [0.4, 0.5) is 10.5 Å². The summed E-state index contributed by atoms with van der Waals surface area (Å²) in [6.45, 7) is 4.78. The summed E-state index contributed by atoms with van der Waals surface area (Å²) in [5.74, 6) is 0.645. The van der Waals surface area contributed by atoms with Gasteiger partial charge < -0.3 is 14.8 Å². The van der Waals surface area contributed by atoms with Gasteiger partial charge in [-0.25, -0.2) is 18.8 Å². The molecule has 1 aliphatic heterocycles. The van der Waals surface area contributed by atoms with E-state index < -0.39 is 21.5 Å². The van der Waals surface area contributed by atoms with E-state index in [1.54, 1.807) is 11.8 Å². The Labute approximate surface area is 181 Å². The molecule has 1 unspecified atom stereocenters. The van der Waals surface area contributed by atoms with Crippen LogP contribution in [0.25, 0.3) is 0 Å². The van der Waals surface area contributed by atoms with E-state index in [1.807, 2.05) is 6.92 Å². The van der Waals surface area contributed by atoms with Crippen molar-refractivity contribution in [2.45, 2.75) is 62.5 Å². The fourth-order valence-electron chi connectivity index (χ4n) is 5.04. The monoisotopic (exact) mass is 445 g/mol. The van der Waals surface area contributed by atoms with E-state index in [-0.39, 0.29) is 10.8 Å². The van der Waals surface area contributed by atoms with Crippen molar-refractivity contribution in [3.8, 4) is 5.88 Å². The van der Waals surface area contributed by atoms with E-state index in [1.165, 1.54) is 22.9 Å². The summed E-state index contributed by atoms with van der Waals surface area (Å²) in [6.07, 6.45) is 5.38. The van der Waals surface area contributed by atoms with Crippen LogP contribution in [-0.2, 0) is 40.5 Å². The highest BCUT2D eigenvalue weighted by Gasteiger charge is 2.39. The van der Waals surface area contributed by atoms with Gasteiger partial charge in [0.2, 0.25) is 5.88 Å². The number of aromatic nitrogens is 2. The van der Waals surface area contributed by atoms with Crippen LogP contribution in [0.5, 0.6) is 5.88 Å². The summed E-state index contributed by atoms with van der Waals surface area (Å²) in [4.78, 5) is 12.9. The maximum Gasteiger partial charge on any atom is 0.354 e. The maximum absolute atomic E-state index is 13.2. The summed E-state index contributed by atoms with van der Waals surface area (Å²) < 4.78 is 29.8. The lowest BCUT2D eigenvalue weighted by molar-refractivity contribution is 0.0165. The van der Waals surface area contributed by atoms with Gasteiger partial charge >= 0.3 is 6.03 Å². The minimum atomic E-state index is -3.55. The van der Waals surface area contributed by atoms with Crippen molar-refractivity contribution in [2.24, 2.45) is 9.50 Å². The maximum atomic E-state index is 13.2. The summed E-state index contributed by atoms with van der Waals surface area (Å²) in [5, 5.41) is 13.1. The molecule has 5 rings (SSSR count). The summed E-state index contributed by atoms with van der Waals surface area (Å²) in [5.41, 5.74) is 5.08. The lowest BCUT2D eigenvalue weighted by Gasteiger charge is -2.31. The fraction of sp³-hybridized carbons (Fsp3) is 0.524. The molecule has 0 radical (unpaired) electrons. The lowest BCUT2D eigenvalue weighted by Crippen LogP contribution is -2.36. The number of amides is 2. The lowest BCUT2D eigenvalue weighted by atomic mass is 9.75. The molecule has 0 spiro atoms. The first-order valence-corrected chi connectivity index (χ1v) is 12.1. The molecule has 2 aromatic rings. The SMILES string of the molecule is COC[C@@]1(C)Cn2ncc(S(N)(=O)=NC(=O)Nc3c4c(cc5c3[C@H](C)C5)CCC4)c2O1. The summed E-state index contributed by atoms with van der Waals surface area (Å²) in [6, 6.07) is 1.55. The topological polar surface area (TPSA) is 121 Å². The zero-order valence-electron chi connectivity index (χ0n) is 17.9. The smallest absolute Gasteiger partial charge is 0.354 e. The van der Waals surface area contributed by atoms with Crippen molar-refractivity contribution >= 4 is 21.6 Å². The highest BCUT2D eigenvalue weighted by molar-refractivity contribution is 7.91. The van der Waals surface area contributed by atoms with Gasteiger partial charge in [0, 0.05) is 12.8 Å². The number of nitrogens with one attached hydrogen (secondary N) is 1. The number of nitrogens with zero attached hydrogens (tertiary/aromatic N) is 3. The third-order valence-corrected chi connectivity index (χ3v) is 7.69. The minimum absolute atomic E-state index is 0.113. The second kappa shape index (κ2) is 7.04. The standard InChI is InChI=1S/C21H27N5O4S/c1-12-7-14-8-13-5-4-6-15(13)18(17(12)14)24-20(27)25-31(22,28)16-9-23-26-10-21(2,11-29-3)30-19(16)26/h8-9,12H,4-7,10-11H2,1-3H3,(H3,22,24,25,27,28)/t12-,21-,31?/m1/s1. The van der Waals surface area contributed by atoms with Crippen molar-refractivity contribution in [3.05, 3.63) is 34.5 Å². The number of rotatable bonds is 4. The van der Waals surface area contributed by atoms with Crippen LogP contribution in [0.3, 0.4) is 0 Å². The number of hydrogen-bond acceptors (Lipinski definition) is 5. The molecule has 1 aromatic carbocycles. The molecular formula is C21H27N5O4S. The average Bonchev–Trinajstić information content (AvgIpc) is 3.34. The summed E-state index contributed by atoms with van der Waals surface area (Å²) in [7, 11) is -1.96. The van der Waals surface area contributed by atoms with Gasteiger partial charge in [-0.3, -0.25) is 0 Å². The number of nitrogens with two attached hydrogens (primary N) is 1. The Balaban J connectivity index is 1.45. The second-order valence-electron chi connectivity index (χ2n) is 8.97. The zero-order valence-corrected chi connectivity index (χ0v) is 18.8. The van der Waals surface area contributed by atoms with Crippen molar-refractivity contribution in [1.29, 1.82) is 0 Å². The van der Waals surface area contributed by atoms with Gasteiger partial charge in [-0.15, -0.1) is 4.36 Å². The average molecular weight is 446 g/mol. The van der Waals surface area contributed by atoms with Gasteiger partial charge in [-0.1, -0.05) is 13.0 Å². The van der Waals surface area contributed by atoms with Crippen LogP contribution < -0.4 is 15.2 Å². The van der Waals surface area contributed by atoms with Gasteiger partial charge in [-0.05, 0) is 60.8 Å². The van der Waals surface area contributed by atoms with Crippen LogP contribution in [0.15, 0.2) is 21.5 Å². The quantitative estimate of drug-likeness (QED) is 0.750. The van der Waals surface area contributed by atoms with Gasteiger partial charge in [-0.2, -0.15) is 5.10 Å². The number of anilines is 1. The first-order chi connectivity index (χ1) is 14.7. The molecule has 3 N–H and O–H groups in total. The first kappa shape index (κ1) is 20.5. The Bertz CT molecular complexity index is 1210. The first-order valence-electron chi connectivity index (χ1n) is 10.5. The molecule has 10 heteroatoms. The third-order valence-electron chi connectivity index (χ3n) is 6.35. The minimum Gasteiger partial charge on any atom is -0.466 e. The number of methoxy groups -OCH3 is 1. The summed E-state index contributed by atoms with van der Waals surface area (Å²) >= 11 is 0. The highest BCUT2D eigenvalue weighted by Crippen LogP contribution is 2.45. The highest BCUT2D eigenvalue weighted by atomic mass is 32.2. The van der Waals surface area contributed by atoms with Crippen LogP contribution in [-0.4, -0.2) is 39.3 Å². The fourth-order valence-corrected chi connectivity index (χ4v) is 6.02. The second-order valence-corrected chi connectivity index (χ2v) is 10.7. The van der Waals surface area contributed by atoms with E-state index in [0.29, 0.717) is 19.1 Å². The Morgan fingerprint density at radius 2 is 2.29 bits per heavy atom. The Morgan fingerprint density at radius 1 is 1.48 bits per heavy atom. The van der Waals surface area contributed by atoms with Crippen LogP contribution in [0.2, 0.25) is 0 Å². The number of fused-ring (bicyclic) bond motifs is 3. The molecule has 2 amide bonds. The van der Waals surface area contributed by atoms with E-state index in [2.05, 4.69) is 27.8 Å². The predicted octanol–water partition coefficient (Wildman–Crippen LogP) is 2.76. The molecule has 0 fully saturated rings. The van der Waals surface area contributed by atoms with E-state index in [9.17, 15) is 9.00 Å².